The Morgan fingerprint density at radius 1 is 1.28 bits per heavy atom. The number of alkyl halides is 3. The molecule has 1 saturated heterocycles. The summed E-state index contributed by atoms with van der Waals surface area (Å²) < 4.78 is 70.7. The maximum Gasteiger partial charge on any atom is 0.416 e. The normalized spacial score (nSPS) is 23.5. The number of imidazole rings is 1. The standard InChI is InChI=1S/C26H34F3N6O9PS/c1-24(2,12-36)22(39)46-9-8-42-45(41,32-10-14-4-6-15(7-5-14)26(27,28)29)43-11-16-18(37)25(3,40)21(44-16)35-13-31-17-19(35)33-23(30)34-20(17)38/h4-7,13,16,18,21,36-37,40H,8-12H2,1-3H3,(H,32,41)(H3,30,33,34,38)/t16-,18-,21-,25-,45?/m1/s1. The Hall–Kier alpha value is -2.87. The number of nitrogens with zero attached hydrogens (tertiary/aromatic N) is 3. The quantitative estimate of drug-likeness (QED) is 0.111. The van der Waals surface area contributed by atoms with Gasteiger partial charge in [0, 0.05) is 12.3 Å². The number of hydrogen-bond donors (Lipinski definition) is 6. The van der Waals surface area contributed by atoms with Crippen LogP contribution in [0.1, 0.15) is 38.1 Å². The molecular weight excluding hydrogens is 660 g/mol. The van der Waals surface area contributed by atoms with Crippen molar-refractivity contribution in [2.75, 3.05) is 31.3 Å². The lowest BCUT2D eigenvalue weighted by atomic mass is 9.96. The Balaban J connectivity index is 1.48. The zero-order valence-electron chi connectivity index (χ0n) is 24.9. The predicted molar refractivity (Wildman–Crippen MR) is 159 cm³/mol. The van der Waals surface area contributed by atoms with E-state index in [0.717, 1.165) is 30.2 Å². The van der Waals surface area contributed by atoms with Crippen LogP contribution in [0.15, 0.2) is 35.4 Å². The molecule has 0 spiro atoms. The summed E-state index contributed by atoms with van der Waals surface area (Å²) in [6.45, 7) is 2.81. The molecule has 46 heavy (non-hydrogen) atoms. The fourth-order valence-electron chi connectivity index (χ4n) is 4.34. The van der Waals surface area contributed by atoms with Gasteiger partial charge in [-0.25, -0.2) is 14.6 Å². The number of aromatic amines is 1. The number of ether oxygens (including phenoxy) is 1. The molecule has 0 aliphatic carbocycles. The van der Waals surface area contributed by atoms with Gasteiger partial charge in [-0.3, -0.25) is 28.2 Å². The third-order valence-corrected chi connectivity index (χ3v) is 9.89. The molecule has 7 N–H and O–H groups in total. The van der Waals surface area contributed by atoms with Crippen LogP contribution in [0, 0.1) is 5.41 Å². The number of carbonyl (C=O) groups is 1. The van der Waals surface area contributed by atoms with Gasteiger partial charge in [-0.2, -0.15) is 18.2 Å². The smallest absolute Gasteiger partial charge is 0.395 e. The van der Waals surface area contributed by atoms with E-state index in [9.17, 15) is 42.6 Å². The molecule has 2 aromatic heterocycles. The molecule has 1 unspecified atom stereocenters. The average Bonchev–Trinajstić information content (AvgIpc) is 3.50. The first-order valence-electron chi connectivity index (χ1n) is 13.7. The SMILES string of the molecule is CC(C)(CO)C(=O)SCCOP(=O)(NCc1ccc(C(F)(F)F)cc1)OC[C@H]1O[C@@H](n2cnc3c(=O)[nH]c(N)nc32)[C@](C)(O)[C@@H]1O. The summed E-state index contributed by atoms with van der Waals surface area (Å²) in [6, 6.07) is 4.07. The van der Waals surface area contributed by atoms with Crippen molar-refractivity contribution in [3.8, 4) is 0 Å². The second kappa shape index (κ2) is 13.7. The van der Waals surface area contributed by atoms with Gasteiger partial charge in [0.15, 0.2) is 22.5 Å². The fraction of sp³-hybridized carbons (Fsp3) is 0.538. The lowest BCUT2D eigenvalue weighted by Crippen LogP contribution is -2.44. The molecule has 3 aromatic rings. The van der Waals surface area contributed by atoms with Gasteiger partial charge < -0.3 is 25.8 Å². The number of H-pyrrole nitrogens is 1. The average molecular weight is 695 g/mol. The van der Waals surface area contributed by atoms with Crippen LogP contribution >= 0.6 is 19.5 Å². The molecule has 1 aliphatic heterocycles. The molecule has 0 amide bonds. The van der Waals surface area contributed by atoms with E-state index in [1.54, 1.807) is 13.8 Å². The number of nitrogens with one attached hydrogen (secondary N) is 2. The van der Waals surface area contributed by atoms with Crippen molar-refractivity contribution in [2.45, 2.75) is 57.5 Å². The molecule has 20 heteroatoms. The highest BCUT2D eigenvalue weighted by Crippen LogP contribution is 2.47. The second-order valence-electron chi connectivity index (χ2n) is 11.3. The van der Waals surface area contributed by atoms with Crippen LogP contribution in [-0.4, -0.2) is 83.3 Å². The highest BCUT2D eigenvalue weighted by Gasteiger charge is 2.54. The summed E-state index contributed by atoms with van der Waals surface area (Å²) in [5.74, 6) is -0.214. The number of nitrogens with two attached hydrogens (primary N) is 1. The molecule has 0 radical (unpaired) electrons. The minimum absolute atomic E-state index is 0.0138. The van der Waals surface area contributed by atoms with Crippen molar-refractivity contribution < 1.29 is 51.6 Å². The monoisotopic (exact) mass is 694 g/mol. The Bertz CT molecular complexity index is 1650. The molecule has 15 nitrogen and oxygen atoms in total. The first-order valence-corrected chi connectivity index (χ1v) is 16.3. The Morgan fingerprint density at radius 2 is 1.96 bits per heavy atom. The summed E-state index contributed by atoms with van der Waals surface area (Å²) in [7, 11) is -4.30. The molecule has 0 saturated carbocycles. The summed E-state index contributed by atoms with van der Waals surface area (Å²) in [5, 5.41) is 33.7. The van der Waals surface area contributed by atoms with Crippen molar-refractivity contribution in [1.82, 2.24) is 24.6 Å². The summed E-state index contributed by atoms with van der Waals surface area (Å²) >= 11 is 0.831. The number of aromatic nitrogens is 4. The van der Waals surface area contributed by atoms with Gasteiger partial charge in [0.2, 0.25) is 5.95 Å². The lowest BCUT2D eigenvalue weighted by molar-refractivity contribution is -0.137. The van der Waals surface area contributed by atoms with E-state index >= 15 is 0 Å². The van der Waals surface area contributed by atoms with Crippen LogP contribution in [0.2, 0.25) is 0 Å². The number of anilines is 1. The highest BCUT2D eigenvalue weighted by atomic mass is 32.2. The molecule has 5 atom stereocenters. The third-order valence-electron chi connectivity index (χ3n) is 7.15. The number of benzene rings is 1. The number of aliphatic hydroxyl groups is 3. The second-order valence-corrected chi connectivity index (χ2v) is 14.2. The molecule has 254 valence electrons. The van der Waals surface area contributed by atoms with Crippen molar-refractivity contribution in [1.29, 1.82) is 0 Å². The Labute approximate surface area is 264 Å². The van der Waals surface area contributed by atoms with Crippen molar-refractivity contribution in [3.63, 3.8) is 0 Å². The number of hydrogen-bond acceptors (Lipinski definition) is 13. The van der Waals surface area contributed by atoms with E-state index < -0.39 is 61.1 Å². The lowest BCUT2D eigenvalue weighted by Gasteiger charge is -2.27. The van der Waals surface area contributed by atoms with Gasteiger partial charge in [-0.05, 0) is 38.5 Å². The van der Waals surface area contributed by atoms with Crippen molar-refractivity contribution in [3.05, 3.63) is 52.1 Å². The molecule has 1 fully saturated rings. The summed E-state index contributed by atoms with van der Waals surface area (Å²) in [5.41, 5.74) is 1.27. The van der Waals surface area contributed by atoms with E-state index in [2.05, 4.69) is 20.0 Å². The number of halogens is 3. The number of nitrogen functional groups attached to an aromatic ring is 1. The molecule has 1 aliphatic rings. The minimum Gasteiger partial charge on any atom is -0.395 e. The minimum atomic E-state index is -4.55. The third kappa shape index (κ3) is 7.98. The topological polar surface area (TPSA) is 224 Å². The number of rotatable bonds is 13. The van der Waals surface area contributed by atoms with Crippen LogP contribution < -0.4 is 16.4 Å². The number of carbonyl (C=O) groups excluding carboxylic acids is 1. The van der Waals surface area contributed by atoms with Crippen LogP contribution in [0.4, 0.5) is 19.1 Å². The number of aliphatic hydroxyl groups excluding tert-OH is 2. The largest absolute Gasteiger partial charge is 0.416 e. The first kappa shape index (κ1) is 36.0. The zero-order valence-corrected chi connectivity index (χ0v) is 26.6. The summed E-state index contributed by atoms with van der Waals surface area (Å²) in [4.78, 5) is 34.8. The molecule has 4 rings (SSSR count). The molecule has 0 bridgehead atoms. The van der Waals surface area contributed by atoms with Gasteiger partial charge in [-0.15, -0.1) is 0 Å². The summed E-state index contributed by atoms with van der Waals surface area (Å²) in [6.07, 6.45) is -7.68. The van der Waals surface area contributed by atoms with Crippen LogP contribution in [0.3, 0.4) is 0 Å². The van der Waals surface area contributed by atoms with Gasteiger partial charge in [-0.1, -0.05) is 23.9 Å². The van der Waals surface area contributed by atoms with Crippen molar-refractivity contribution in [2.24, 2.45) is 5.41 Å². The number of thioether (sulfide) groups is 1. The van der Waals surface area contributed by atoms with Crippen LogP contribution in [0.25, 0.3) is 11.2 Å². The zero-order chi connectivity index (χ0) is 34.1. The van der Waals surface area contributed by atoms with Crippen LogP contribution in [-0.2, 0) is 35.9 Å². The maximum absolute atomic E-state index is 13.7. The van der Waals surface area contributed by atoms with Crippen molar-refractivity contribution >= 4 is 41.7 Å². The number of fused-ring (bicyclic) bond motifs is 1. The van der Waals surface area contributed by atoms with Gasteiger partial charge >= 0.3 is 13.9 Å². The first-order chi connectivity index (χ1) is 21.4. The molecule has 1 aromatic carbocycles. The highest BCUT2D eigenvalue weighted by molar-refractivity contribution is 8.13. The maximum atomic E-state index is 13.7. The van der Waals surface area contributed by atoms with Gasteiger partial charge in [0.05, 0.1) is 37.1 Å². The van der Waals surface area contributed by atoms with E-state index in [1.807, 2.05) is 0 Å². The van der Waals surface area contributed by atoms with Crippen LogP contribution in [0.5, 0.6) is 0 Å². The molecular formula is C26H34F3N6O9PS. The Kier molecular flexibility index (Phi) is 10.7. The van der Waals surface area contributed by atoms with E-state index in [1.165, 1.54) is 23.6 Å². The van der Waals surface area contributed by atoms with E-state index in [-0.39, 0.29) is 47.7 Å². The van der Waals surface area contributed by atoms with Gasteiger partial charge in [0.25, 0.3) is 5.56 Å². The van der Waals surface area contributed by atoms with Gasteiger partial charge in [0.1, 0.15) is 17.8 Å². The molecule has 3 heterocycles. The fourth-order valence-corrected chi connectivity index (χ4v) is 6.58. The van der Waals surface area contributed by atoms with E-state index in [0.29, 0.717) is 5.56 Å². The van der Waals surface area contributed by atoms with E-state index in [4.69, 9.17) is 19.5 Å². The predicted octanol–water partition coefficient (Wildman–Crippen LogP) is 1.94. The Morgan fingerprint density at radius 3 is 2.59 bits per heavy atom.